The molecule has 1 aromatic rings. The van der Waals surface area contributed by atoms with Crippen LogP contribution in [0.15, 0.2) is 16.6 Å². The second kappa shape index (κ2) is 5.02. The number of benzene rings is 1. The van der Waals surface area contributed by atoms with E-state index in [2.05, 4.69) is 15.9 Å². The average molecular weight is 305 g/mol. The minimum absolute atomic E-state index is 0.0284. The van der Waals surface area contributed by atoms with Crippen molar-refractivity contribution in [2.45, 2.75) is 32.3 Å². The summed E-state index contributed by atoms with van der Waals surface area (Å²) in [7, 11) is 0. The first-order valence-corrected chi connectivity index (χ1v) is 6.60. The lowest BCUT2D eigenvalue weighted by Crippen LogP contribution is -2.23. The van der Waals surface area contributed by atoms with Gasteiger partial charge < -0.3 is 5.11 Å². The molecule has 94 valence electrons. The van der Waals surface area contributed by atoms with Crippen LogP contribution in [0.1, 0.15) is 25.3 Å². The van der Waals surface area contributed by atoms with Crippen molar-refractivity contribution in [3.05, 3.63) is 33.8 Å². The van der Waals surface area contributed by atoms with Gasteiger partial charge in [-0.1, -0.05) is 6.92 Å². The van der Waals surface area contributed by atoms with Gasteiger partial charge >= 0.3 is 0 Å². The Bertz CT molecular complexity index is 418. The number of hydrogen-bond acceptors (Lipinski definition) is 1. The molecule has 0 bridgehead atoms. The first-order valence-electron chi connectivity index (χ1n) is 5.81. The second-order valence-corrected chi connectivity index (χ2v) is 5.64. The van der Waals surface area contributed by atoms with E-state index in [0.717, 1.165) is 12.8 Å². The van der Waals surface area contributed by atoms with Crippen molar-refractivity contribution in [1.82, 2.24) is 0 Å². The first kappa shape index (κ1) is 13.0. The Hall–Kier alpha value is -0.480. The lowest BCUT2D eigenvalue weighted by atomic mass is 9.93. The van der Waals surface area contributed by atoms with Gasteiger partial charge in [-0.3, -0.25) is 0 Å². The number of aliphatic hydroxyl groups excluding tert-OH is 1. The van der Waals surface area contributed by atoms with Gasteiger partial charge in [0.25, 0.3) is 0 Å². The van der Waals surface area contributed by atoms with Crippen LogP contribution in [0.25, 0.3) is 0 Å². The molecule has 0 aromatic heterocycles. The Morgan fingerprint density at radius 3 is 2.65 bits per heavy atom. The molecular formula is C13H15BrF2O. The number of hydrogen-bond donors (Lipinski definition) is 1. The van der Waals surface area contributed by atoms with Crippen LogP contribution in [0, 0.1) is 23.5 Å². The molecule has 1 N–H and O–H groups in total. The highest BCUT2D eigenvalue weighted by molar-refractivity contribution is 9.10. The van der Waals surface area contributed by atoms with Crippen LogP contribution in [-0.4, -0.2) is 11.2 Å². The van der Waals surface area contributed by atoms with Crippen molar-refractivity contribution in [1.29, 1.82) is 0 Å². The van der Waals surface area contributed by atoms with Crippen molar-refractivity contribution < 1.29 is 13.9 Å². The fourth-order valence-electron chi connectivity index (χ4n) is 2.09. The van der Waals surface area contributed by atoms with Gasteiger partial charge in [-0.25, -0.2) is 8.78 Å². The van der Waals surface area contributed by atoms with Gasteiger partial charge in [-0.2, -0.15) is 0 Å². The second-order valence-electron chi connectivity index (χ2n) is 4.79. The van der Waals surface area contributed by atoms with E-state index in [1.807, 2.05) is 6.92 Å². The van der Waals surface area contributed by atoms with E-state index < -0.39 is 17.7 Å². The number of halogens is 3. The molecule has 0 saturated heterocycles. The maximum Gasteiger partial charge on any atom is 0.143 e. The summed E-state index contributed by atoms with van der Waals surface area (Å²) < 4.78 is 27.4. The molecule has 17 heavy (non-hydrogen) atoms. The van der Waals surface area contributed by atoms with Gasteiger partial charge in [0, 0.05) is 12.0 Å². The van der Waals surface area contributed by atoms with E-state index in [-0.39, 0.29) is 22.4 Å². The van der Waals surface area contributed by atoms with Gasteiger partial charge in [0.05, 0.1) is 10.6 Å². The Morgan fingerprint density at radius 2 is 2.06 bits per heavy atom. The highest BCUT2D eigenvalue weighted by atomic mass is 79.9. The first-order chi connectivity index (χ1) is 8.00. The van der Waals surface area contributed by atoms with Gasteiger partial charge in [0.2, 0.25) is 0 Å². The van der Waals surface area contributed by atoms with Crippen molar-refractivity contribution in [3.8, 4) is 0 Å². The molecule has 1 fully saturated rings. The Labute approximate surface area is 108 Å². The zero-order valence-corrected chi connectivity index (χ0v) is 11.2. The summed E-state index contributed by atoms with van der Waals surface area (Å²) >= 11 is 3.03. The van der Waals surface area contributed by atoms with E-state index in [9.17, 15) is 13.9 Å². The summed E-state index contributed by atoms with van der Waals surface area (Å²) in [5.41, 5.74) is -0.0284. The molecule has 2 rings (SSSR count). The minimum Gasteiger partial charge on any atom is -0.392 e. The minimum atomic E-state index is -0.680. The maximum absolute atomic E-state index is 13.7. The van der Waals surface area contributed by atoms with Gasteiger partial charge in [-0.15, -0.1) is 0 Å². The van der Waals surface area contributed by atoms with E-state index in [1.54, 1.807) is 0 Å². The molecule has 2 atom stereocenters. The average Bonchev–Trinajstić information content (AvgIpc) is 3.12. The molecule has 1 aliphatic carbocycles. The van der Waals surface area contributed by atoms with E-state index in [0.29, 0.717) is 5.92 Å². The van der Waals surface area contributed by atoms with E-state index in [1.165, 1.54) is 12.1 Å². The lowest BCUT2D eigenvalue weighted by Gasteiger charge is -2.19. The quantitative estimate of drug-likeness (QED) is 0.841. The molecule has 0 spiro atoms. The van der Waals surface area contributed by atoms with Crippen LogP contribution < -0.4 is 0 Å². The Morgan fingerprint density at radius 1 is 1.41 bits per heavy atom. The summed E-state index contributed by atoms with van der Waals surface area (Å²) in [5.74, 6) is -0.573. The van der Waals surface area contributed by atoms with E-state index in [4.69, 9.17) is 0 Å². The number of aliphatic hydroxyl groups is 1. The Balaban J connectivity index is 2.14. The fourth-order valence-corrected chi connectivity index (χ4v) is 2.46. The summed E-state index contributed by atoms with van der Waals surface area (Å²) in [6.45, 7) is 1.94. The summed E-state index contributed by atoms with van der Waals surface area (Å²) in [6.07, 6.45) is 1.58. The summed E-state index contributed by atoms with van der Waals surface area (Å²) in [4.78, 5) is 0. The third-order valence-electron chi connectivity index (χ3n) is 3.52. The summed E-state index contributed by atoms with van der Waals surface area (Å²) in [5, 5.41) is 9.97. The molecular weight excluding hydrogens is 290 g/mol. The monoisotopic (exact) mass is 304 g/mol. The third kappa shape index (κ3) is 2.86. The molecule has 1 aliphatic rings. The molecule has 1 nitrogen and oxygen atoms in total. The summed E-state index contributed by atoms with van der Waals surface area (Å²) in [6, 6.07) is 2.56. The lowest BCUT2D eigenvalue weighted by molar-refractivity contribution is 0.103. The van der Waals surface area contributed by atoms with E-state index >= 15 is 0 Å². The van der Waals surface area contributed by atoms with Crippen LogP contribution in [0.2, 0.25) is 0 Å². The third-order valence-corrected chi connectivity index (χ3v) is 4.14. The van der Waals surface area contributed by atoms with Crippen LogP contribution in [-0.2, 0) is 6.42 Å². The van der Waals surface area contributed by atoms with Crippen molar-refractivity contribution in [2.24, 2.45) is 11.8 Å². The van der Waals surface area contributed by atoms with Gasteiger partial charge in [0.1, 0.15) is 11.6 Å². The topological polar surface area (TPSA) is 20.2 Å². The standard InChI is InChI=1S/C13H15BrF2O/c1-7(8-2-3-8)12(17)6-9-11(15)5-4-10(14)13(9)16/h4-5,7-8,12,17H,2-3,6H2,1H3. The van der Waals surface area contributed by atoms with Crippen molar-refractivity contribution >= 4 is 15.9 Å². The van der Waals surface area contributed by atoms with Crippen LogP contribution >= 0.6 is 15.9 Å². The highest BCUT2D eigenvalue weighted by Gasteiger charge is 2.33. The smallest absolute Gasteiger partial charge is 0.143 e. The highest BCUT2D eigenvalue weighted by Crippen LogP contribution is 2.39. The zero-order valence-electron chi connectivity index (χ0n) is 9.59. The molecule has 0 amide bonds. The molecule has 2 unspecified atom stereocenters. The molecule has 1 saturated carbocycles. The fraction of sp³-hybridized carbons (Fsp3) is 0.538. The van der Waals surface area contributed by atoms with Crippen LogP contribution in [0.5, 0.6) is 0 Å². The normalized spacial score (nSPS) is 19.1. The van der Waals surface area contributed by atoms with Gasteiger partial charge in [0.15, 0.2) is 0 Å². The largest absolute Gasteiger partial charge is 0.392 e. The van der Waals surface area contributed by atoms with Crippen LogP contribution in [0.3, 0.4) is 0 Å². The van der Waals surface area contributed by atoms with Crippen molar-refractivity contribution in [3.63, 3.8) is 0 Å². The number of rotatable bonds is 4. The SMILES string of the molecule is CC(C(O)Cc1c(F)ccc(Br)c1F)C1CC1. The maximum atomic E-state index is 13.7. The molecule has 0 heterocycles. The Kier molecular flexibility index (Phi) is 3.83. The molecule has 4 heteroatoms. The zero-order chi connectivity index (χ0) is 12.6. The molecule has 0 radical (unpaired) electrons. The van der Waals surface area contributed by atoms with Crippen molar-refractivity contribution in [2.75, 3.05) is 0 Å². The predicted octanol–water partition coefficient (Wildman–Crippen LogP) is 3.68. The molecule has 0 aliphatic heterocycles. The van der Waals surface area contributed by atoms with Crippen LogP contribution in [0.4, 0.5) is 8.78 Å². The molecule has 1 aromatic carbocycles. The van der Waals surface area contributed by atoms with Gasteiger partial charge in [-0.05, 0) is 52.7 Å². The predicted molar refractivity (Wildman–Crippen MR) is 65.7 cm³/mol.